The summed E-state index contributed by atoms with van der Waals surface area (Å²) >= 11 is 0. The summed E-state index contributed by atoms with van der Waals surface area (Å²) in [5.41, 5.74) is 8.62. The van der Waals surface area contributed by atoms with Crippen molar-refractivity contribution in [2.45, 2.75) is 13.8 Å². The first kappa shape index (κ1) is 14.8. The molecular weight excluding hydrogens is 271 g/mol. The van der Waals surface area contributed by atoms with Gasteiger partial charge in [0.05, 0.1) is 22.6 Å². The SMILES string of the molecule is Cc1cc(N(C)c2ccccc2F)c(/C(N)=N/O)c(C)n1. The van der Waals surface area contributed by atoms with Crippen LogP contribution in [0.1, 0.15) is 17.0 Å². The second-order valence-corrected chi connectivity index (χ2v) is 4.74. The quantitative estimate of drug-likeness (QED) is 0.394. The van der Waals surface area contributed by atoms with Gasteiger partial charge in [0.15, 0.2) is 5.84 Å². The summed E-state index contributed by atoms with van der Waals surface area (Å²) in [5, 5.41) is 12.0. The van der Waals surface area contributed by atoms with Crippen LogP contribution >= 0.6 is 0 Å². The Morgan fingerprint density at radius 1 is 1.29 bits per heavy atom. The van der Waals surface area contributed by atoms with E-state index in [0.29, 0.717) is 22.6 Å². The molecule has 0 unspecified atom stereocenters. The molecule has 110 valence electrons. The van der Waals surface area contributed by atoms with Gasteiger partial charge in [0.2, 0.25) is 0 Å². The van der Waals surface area contributed by atoms with Crippen molar-refractivity contribution in [3.63, 3.8) is 0 Å². The maximum atomic E-state index is 14.0. The van der Waals surface area contributed by atoms with E-state index in [1.165, 1.54) is 6.07 Å². The standard InChI is InChI=1S/C15H17FN4O/c1-9-8-13(14(10(2)18-9)15(17)19-21)20(3)12-7-5-4-6-11(12)16/h4-8,21H,1-3H3,(H2,17,19). The third-order valence-electron chi connectivity index (χ3n) is 3.25. The number of amidine groups is 1. The normalized spacial score (nSPS) is 11.5. The molecule has 0 saturated carbocycles. The topological polar surface area (TPSA) is 74.7 Å². The van der Waals surface area contributed by atoms with E-state index < -0.39 is 0 Å². The van der Waals surface area contributed by atoms with Crippen LogP contribution in [-0.4, -0.2) is 23.1 Å². The lowest BCUT2D eigenvalue weighted by molar-refractivity contribution is 0.318. The number of halogens is 1. The summed E-state index contributed by atoms with van der Waals surface area (Å²) in [5.74, 6) is -0.407. The predicted octanol–water partition coefficient (Wildman–Crippen LogP) is 2.70. The Labute approximate surface area is 122 Å². The van der Waals surface area contributed by atoms with Gasteiger partial charge >= 0.3 is 0 Å². The van der Waals surface area contributed by atoms with Crippen LogP contribution in [0.4, 0.5) is 15.8 Å². The number of rotatable bonds is 3. The van der Waals surface area contributed by atoms with E-state index in [0.717, 1.165) is 5.69 Å². The van der Waals surface area contributed by atoms with Crippen molar-refractivity contribution in [1.29, 1.82) is 0 Å². The third kappa shape index (κ3) is 2.79. The number of nitrogens with zero attached hydrogens (tertiary/aromatic N) is 3. The zero-order valence-electron chi connectivity index (χ0n) is 12.1. The summed E-state index contributed by atoms with van der Waals surface area (Å²) in [4.78, 5) is 5.97. The van der Waals surface area contributed by atoms with Crippen LogP contribution in [0.25, 0.3) is 0 Å². The van der Waals surface area contributed by atoms with E-state index in [9.17, 15) is 4.39 Å². The molecule has 0 spiro atoms. The van der Waals surface area contributed by atoms with Crippen LogP contribution in [0.2, 0.25) is 0 Å². The van der Waals surface area contributed by atoms with Crippen molar-refractivity contribution in [3.8, 4) is 0 Å². The van der Waals surface area contributed by atoms with Crippen LogP contribution in [-0.2, 0) is 0 Å². The smallest absolute Gasteiger partial charge is 0.174 e. The van der Waals surface area contributed by atoms with Crippen molar-refractivity contribution in [2.75, 3.05) is 11.9 Å². The van der Waals surface area contributed by atoms with Crippen LogP contribution < -0.4 is 10.6 Å². The number of aromatic nitrogens is 1. The summed E-state index contributed by atoms with van der Waals surface area (Å²) < 4.78 is 14.0. The third-order valence-corrected chi connectivity index (χ3v) is 3.25. The number of hydrogen-bond donors (Lipinski definition) is 2. The maximum Gasteiger partial charge on any atom is 0.174 e. The van der Waals surface area contributed by atoms with E-state index in [2.05, 4.69) is 10.1 Å². The molecule has 0 fully saturated rings. The van der Waals surface area contributed by atoms with E-state index >= 15 is 0 Å². The lowest BCUT2D eigenvalue weighted by Crippen LogP contribution is -2.22. The molecule has 1 aromatic heterocycles. The van der Waals surface area contributed by atoms with Gasteiger partial charge in [-0.3, -0.25) is 4.98 Å². The molecule has 0 bridgehead atoms. The summed E-state index contributed by atoms with van der Waals surface area (Å²) in [6, 6.07) is 8.19. The Hall–Kier alpha value is -2.63. The number of hydrogen-bond acceptors (Lipinski definition) is 4. The molecule has 6 heteroatoms. The fourth-order valence-corrected chi connectivity index (χ4v) is 2.29. The molecule has 3 N–H and O–H groups in total. The highest BCUT2D eigenvalue weighted by Gasteiger charge is 2.18. The molecule has 1 aromatic carbocycles. The van der Waals surface area contributed by atoms with Gasteiger partial charge in [-0.25, -0.2) is 4.39 Å². The lowest BCUT2D eigenvalue weighted by Gasteiger charge is -2.24. The molecule has 0 radical (unpaired) electrons. The van der Waals surface area contributed by atoms with Gasteiger partial charge in [-0.1, -0.05) is 17.3 Å². The molecule has 0 atom stereocenters. The fourth-order valence-electron chi connectivity index (χ4n) is 2.29. The molecule has 1 heterocycles. The van der Waals surface area contributed by atoms with E-state index in [1.807, 2.05) is 6.92 Å². The minimum Gasteiger partial charge on any atom is -0.409 e. The summed E-state index contributed by atoms with van der Waals surface area (Å²) in [6.07, 6.45) is 0. The zero-order chi connectivity index (χ0) is 15.6. The number of nitrogens with two attached hydrogens (primary N) is 1. The number of oxime groups is 1. The van der Waals surface area contributed by atoms with Gasteiger partial charge in [-0.2, -0.15) is 0 Å². The van der Waals surface area contributed by atoms with E-state index in [-0.39, 0.29) is 11.7 Å². The first-order valence-electron chi connectivity index (χ1n) is 6.40. The monoisotopic (exact) mass is 288 g/mol. The molecule has 0 amide bonds. The maximum absolute atomic E-state index is 14.0. The molecule has 2 aromatic rings. The van der Waals surface area contributed by atoms with E-state index in [4.69, 9.17) is 10.9 Å². The first-order chi connectivity index (χ1) is 9.95. The van der Waals surface area contributed by atoms with Gasteiger partial charge in [-0.15, -0.1) is 0 Å². The minimum atomic E-state index is -0.349. The summed E-state index contributed by atoms with van der Waals surface area (Å²) in [7, 11) is 1.72. The second kappa shape index (κ2) is 5.78. The predicted molar refractivity (Wildman–Crippen MR) is 80.7 cm³/mol. The Morgan fingerprint density at radius 3 is 2.57 bits per heavy atom. The Balaban J connectivity index is 2.65. The average Bonchev–Trinajstić information content (AvgIpc) is 2.45. The van der Waals surface area contributed by atoms with Gasteiger partial charge in [0.25, 0.3) is 0 Å². The molecule has 5 nitrogen and oxygen atoms in total. The molecule has 0 aliphatic carbocycles. The van der Waals surface area contributed by atoms with Crippen molar-refractivity contribution >= 4 is 17.2 Å². The number of anilines is 2. The Bertz CT molecular complexity index is 700. The highest BCUT2D eigenvalue weighted by molar-refractivity contribution is 6.03. The largest absolute Gasteiger partial charge is 0.409 e. The molecule has 0 aliphatic heterocycles. The van der Waals surface area contributed by atoms with Crippen LogP contribution in [0.3, 0.4) is 0 Å². The minimum absolute atomic E-state index is 0.0572. The highest BCUT2D eigenvalue weighted by Crippen LogP contribution is 2.30. The highest BCUT2D eigenvalue weighted by atomic mass is 19.1. The number of aryl methyl sites for hydroxylation is 2. The second-order valence-electron chi connectivity index (χ2n) is 4.74. The lowest BCUT2D eigenvalue weighted by atomic mass is 10.1. The number of benzene rings is 1. The number of pyridine rings is 1. The van der Waals surface area contributed by atoms with Gasteiger partial charge < -0.3 is 15.8 Å². The van der Waals surface area contributed by atoms with Crippen LogP contribution in [0, 0.1) is 19.7 Å². The number of para-hydroxylation sites is 1. The van der Waals surface area contributed by atoms with Gasteiger partial charge in [0, 0.05) is 12.7 Å². The molecule has 0 aliphatic rings. The van der Waals surface area contributed by atoms with Crippen LogP contribution in [0.5, 0.6) is 0 Å². The average molecular weight is 288 g/mol. The Kier molecular flexibility index (Phi) is 4.07. The Morgan fingerprint density at radius 2 is 1.95 bits per heavy atom. The van der Waals surface area contributed by atoms with Gasteiger partial charge in [0.1, 0.15) is 5.82 Å². The van der Waals surface area contributed by atoms with Gasteiger partial charge in [-0.05, 0) is 32.0 Å². The first-order valence-corrected chi connectivity index (χ1v) is 6.40. The van der Waals surface area contributed by atoms with Crippen molar-refractivity contribution < 1.29 is 9.60 Å². The van der Waals surface area contributed by atoms with Crippen LogP contribution in [0.15, 0.2) is 35.5 Å². The molecular formula is C15H17FN4O. The summed E-state index contributed by atoms with van der Waals surface area (Å²) in [6.45, 7) is 3.60. The fraction of sp³-hybridized carbons (Fsp3) is 0.200. The van der Waals surface area contributed by atoms with Crippen molar-refractivity contribution in [1.82, 2.24) is 4.98 Å². The zero-order valence-corrected chi connectivity index (χ0v) is 12.1. The van der Waals surface area contributed by atoms with E-state index in [1.54, 1.807) is 43.1 Å². The molecule has 0 saturated heterocycles. The molecule has 21 heavy (non-hydrogen) atoms. The van der Waals surface area contributed by atoms with Crippen molar-refractivity contribution in [3.05, 3.63) is 53.1 Å². The molecule has 2 rings (SSSR count). The van der Waals surface area contributed by atoms with Crippen molar-refractivity contribution in [2.24, 2.45) is 10.9 Å².